The summed E-state index contributed by atoms with van der Waals surface area (Å²) in [7, 11) is 0. The molecule has 0 aliphatic carbocycles. The Labute approximate surface area is 142 Å². The second kappa shape index (κ2) is 6.11. The van der Waals surface area contributed by atoms with E-state index in [1.807, 2.05) is 37.3 Å². The summed E-state index contributed by atoms with van der Waals surface area (Å²) in [5, 5.41) is 0. The highest BCUT2D eigenvalue weighted by atomic mass is 16.5. The number of carbonyl (C=O) groups is 2. The van der Waals surface area contributed by atoms with Gasteiger partial charge in [-0.3, -0.25) is 9.59 Å². The molecule has 1 heterocycles. The third-order valence-electron chi connectivity index (χ3n) is 4.20. The minimum atomic E-state index is -0.932. The van der Waals surface area contributed by atoms with Crippen LogP contribution in [0.25, 0.3) is 0 Å². The van der Waals surface area contributed by atoms with Gasteiger partial charge in [0.2, 0.25) is 0 Å². The van der Waals surface area contributed by atoms with Crippen LogP contribution in [0.3, 0.4) is 0 Å². The average molecular weight is 323 g/mol. The number of benzene rings is 2. The van der Waals surface area contributed by atoms with E-state index in [1.165, 1.54) is 0 Å². The molecule has 4 nitrogen and oxygen atoms in total. The van der Waals surface area contributed by atoms with Gasteiger partial charge >= 0.3 is 0 Å². The van der Waals surface area contributed by atoms with Crippen LogP contribution in [0.15, 0.2) is 48.5 Å². The minimum Gasteiger partial charge on any atom is -0.476 e. The third kappa shape index (κ3) is 2.92. The molecule has 2 aromatic carbocycles. The van der Waals surface area contributed by atoms with Crippen molar-refractivity contribution in [1.29, 1.82) is 0 Å². The number of ketones is 1. The highest BCUT2D eigenvalue weighted by Crippen LogP contribution is 2.39. The zero-order chi connectivity index (χ0) is 17.3. The Morgan fingerprint density at radius 2 is 1.83 bits per heavy atom. The molecular weight excluding hydrogens is 302 g/mol. The van der Waals surface area contributed by atoms with Crippen molar-refractivity contribution < 1.29 is 14.3 Å². The lowest BCUT2D eigenvalue weighted by atomic mass is 10.0. The Morgan fingerprint density at radius 1 is 1.12 bits per heavy atom. The van der Waals surface area contributed by atoms with Crippen LogP contribution in [-0.2, 0) is 11.3 Å². The zero-order valence-corrected chi connectivity index (χ0v) is 14.2. The van der Waals surface area contributed by atoms with Gasteiger partial charge in [0.15, 0.2) is 11.4 Å². The van der Waals surface area contributed by atoms with Crippen molar-refractivity contribution >= 4 is 17.4 Å². The average Bonchev–Trinajstić information content (AvgIpc) is 2.58. The number of ether oxygens (including phenoxy) is 1. The van der Waals surface area contributed by atoms with Crippen LogP contribution in [0.2, 0.25) is 0 Å². The molecule has 3 rings (SSSR count). The molecular formula is C20H21NO3. The van der Waals surface area contributed by atoms with E-state index in [-0.39, 0.29) is 11.7 Å². The Balaban J connectivity index is 2.06. The molecule has 0 atom stereocenters. The van der Waals surface area contributed by atoms with E-state index < -0.39 is 5.60 Å². The van der Waals surface area contributed by atoms with Gasteiger partial charge in [-0.1, -0.05) is 37.3 Å². The molecule has 1 aliphatic rings. The van der Waals surface area contributed by atoms with Crippen LogP contribution in [0.1, 0.15) is 43.1 Å². The maximum absolute atomic E-state index is 12.9. The molecule has 0 unspecified atom stereocenters. The summed E-state index contributed by atoms with van der Waals surface area (Å²) in [5.41, 5.74) is 1.35. The van der Waals surface area contributed by atoms with Crippen molar-refractivity contribution in [2.75, 3.05) is 4.90 Å². The normalized spacial score (nSPS) is 15.6. The van der Waals surface area contributed by atoms with Crippen LogP contribution < -0.4 is 9.64 Å². The van der Waals surface area contributed by atoms with Gasteiger partial charge in [0.05, 0.1) is 12.2 Å². The number of hydrogen-bond donors (Lipinski definition) is 0. The Bertz CT molecular complexity index is 781. The number of rotatable bonds is 4. The van der Waals surface area contributed by atoms with E-state index in [0.29, 0.717) is 30.0 Å². The fraction of sp³-hybridized carbons (Fsp3) is 0.300. The van der Waals surface area contributed by atoms with E-state index in [2.05, 4.69) is 0 Å². The minimum absolute atomic E-state index is 0.0507. The summed E-state index contributed by atoms with van der Waals surface area (Å²) in [6.45, 7) is 5.81. The second-order valence-corrected chi connectivity index (χ2v) is 6.45. The topological polar surface area (TPSA) is 46.6 Å². The lowest BCUT2D eigenvalue weighted by Gasteiger charge is -2.39. The van der Waals surface area contributed by atoms with Crippen molar-refractivity contribution in [2.45, 2.75) is 39.3 Å². The van der Waals surface area contributed by atoms with Crippen molar-refractivity contribution in [3.63, 3.8) is 0 Å². The Morgan fingerprint density at radius 3 is 2.50 bits per heavy atom. The largest absolute Gasteiger partial charge is 0.476 e. The fourth-order valence-corrected chi connectivity index (χ4v) is 2.87. The predicted octanol–water partition coefficient (Wildman–Crippen LogP) is 3.98. The molecule has 1 amide bonds. The molecule has 0 aromatic heterocycles. The van der Waals surface area contributed by atoms with Crippen molar-refractivity contribution in [3.05, 3.63) is 59.7 Å². The quantitative estimate of drug-likeness (QED) is 0.800. The first kappa shape index (κ1) is 16.2. The zero-order valence-electron chi connectivity index (χ0n) is 14.2. The molecule has 0 bridgehead atoms. The summed E-state index contributed by atoms with van der Waals surface area (Å²) in [4.78, 5) is 26.6. The third-order valence-corrected chi connectivity index (χ3v) is 4.20. The van der Waals surface area contributed by atoms with Crippen molar-refractivity contribution in [3.8, 4) is 5.75 Å². The van der Waals surface area contributed by atoms with Crippen LogP contribution in [0, 0.1) is 0 Å². The summed E-state index contributed by atoms with van der Waals surface area (Å²) in [5.74, 6) is 0.567. The maximum atomic E-state index is 12.9. The van der Waals surface area contributed by atoms with Crippen molar-refractivity contribution in [2.24, 2.45) is 0 Å². The van der Waals surface area contributed by atoms with Crippen LogP contribution in [0.5, 0.6) is 5.75 Å². The van der Waals surface area contributed by atoms with Gasteiger partial charge in [0, 0.05) is 12.0 Å². The predicted molar refractivity (Wildman–Crippen MR) is 93.4 cm³/mol. The van der Waals surface area contributed by atoms with Crippen LogP contribution >= 0.6 is 0 Å². The fourth-order valence-electron chi connectivity index (χ4n) is 2.87. The van der Waals surface area contributed by atoms with Gasteiger partial charge in [-0.2, -0.15) is 0 Å². The first-order valence-electron chi connectivity index (χ1n) is 8.14. The van der Waals surface area contributed by atoms with E-state index in [9.17, 15) is 9.59 Å². The molecule has 0 spiro atoms. The Hall–Kier alpha value is -2.62. The highest BCUT2D eigenvalue weighted by molar-refractivity contribution is 6.04. The summed E-state index contributed by atoms with van der Waals surface area (Å²) in [6, 6.07) is 15.1. The summed E-state index contributed by atoms with van der Waals surface area (Å²) < 4.78 is 5.87. The van der Waals surface area contributed by atoms with Gasteiger partial charge in [-0.15, -0.1) is 0 Å². The van der Waals surface area contributed by atoms with E-state index in [0.717, 1.165) is 5.56 Å². The van der Waals surface area contributed by atoms with Gasteiger partial charge in [-0.25, -0.2) is 0 Å². The molecule has 1 aliphatic heterocycles. The molecule has 24 heavy (non-hydrogen) atoms. The van der Waals surface area contributed by atoms with E-state index >= 15 is 0 Å². The van der Waals surface area contributed by atoms with Gasteiger partial charge < -0.3 is 9.64 Å². The first-order chi connectivity index (χ1) is 11.4. The maximum Gasteiger partial charge on any atom is 0.271 e. The van der Waals surface area contributed by atoms with E-state index in [4.69, 9.17) is 4.74 Å². The molecule has 124 valence electrons. The SMILES string of the molecule is CCC(=O)c1ccc2c(c1)N(Cc1ccccc1)C(=O)C(C)(C)O2. The van der Waals surface area contributed by atoms with Gasteiger partial charge in [0.1, 0.15) is 5.75 Å². The standard InChI is InChI=1S/C20H21NO3/c1-4-17(22)15-10-11-18-16(12-15)21(19(23)20(2,3)24-18)13-14-8-6-5-7-9-14/h5-12H,4,13H2,1-3H3. The lowest BCUT2D eigenvalue weighted by Crippen LogP contribution is -2.52. The summed E-state index contributed by atoms with van der Waals surface area (Å²) >= 11 is 0. The molecule has 0 saturated heterocycles. The van der Waals surface area contributed by atoms with Crippen LogP contribution in [0.4, 0.5) is 5.69 Å². The number of fused-ring (bicyclic) bond motifs is 1. The second-order valence-electron chi connectivity index (χ2n) is 6.45. The monoisotopic (exact) mass is 323 g/mol. The number of nitrogens with zero attached hydrogens (tertiary/aromatic N) is 1. The smallest absolute Gasteiger partial charge is 0.271 e. The molecule has 4 heteroatoms. The molecule has 0 fully saturated rings. The number of carbonyl (C=O) groups excluding carboxylic acids is 2. The number of anilines is 1. The van der Waals surface area contributed by atoms with E-state index in [1.54, 1.807) is 36.9 Å². The van der Waals surface area contributed by atoms with Crippen molar-refractivity contribution in [1.82, 2.24) is 0 Å². The first-order valence-corrected chi connectivity index (χ1v) is 8.14. The molecule has 2 aromatic rings. The highest BCUT2D eigenvalue weighted by Gasteiger charge is 2.41. The van der Waals surface area contributed by atoms with Gasteiger partial charge in [0.25, 0.3) is 5.91 Å². The molecule has 0 N–H and O–H groups in total. The Kier molecular flexibility index (Phi) is 4.14. The summed E-state index contributed by atoms with van der Waals surface area (Å²) in [6.07, 6.45) is 0.428. The molecule has 0 saturated carbocycles. The van der Waals surface area contributed by atoms with Crippen LogP contribution in [-0.4, -0.2) is 17.3 Å². The number of Topliss-reactive ketones (excluding diaryl/α,β-unsaturated/α-hetero) is 1. The molecule has 0 radical (unpaired) electrons. The van der Waals surface area contributed by atoms with Gasteiger partial charge in [-0.05, 0) is 37.6 Å². The number of amides is 1. The number of hydrogen-bond acceptors (Lipinski definition) is 3. The lowest BCUT2D eigenvalue weighted by molar-refractivity contribution is -0.132.